The van der Waals surface area contributed by atoms with Crippen molar-refractivity contribution in [3.8, 4) is 0 Å². The molecule has 1 fully saturated rings. The Kier molecular flexibility index (Phi) is 5.29. The molecule has 0 heterocycles. The first-order chi connectivity index (χ1) is 9.11. The van der Waals surface area contributed by atoms with Crippen molar-refractivity contribution < 1.29 is 0 Å². The lowest BCUT2D eigenvalue weighted by atomic mass is 9.76. The van der Waals surface area contributed by atoms with Gasteiger partial charge in [-0.25, -0.2) is 0 Å². The number of hydrogen-bond donors (Lipinski definition) is 1. The summed E-state index contributed by atoms with van der Waals surface area (Å²) in [5, 5.41) is 4.57. The quantitative estimate of drug-likeness (QED) is 0.806. The molecule has 2 rings (SSSR count). The third-order valence-corrected chi connectivity index (χ3v) is 4.83. The highest BCUT2D eigenvalue weighted by atomic mass is 35.5. The summed E-state index contributed by atoms with van der Waals surface area (Å²) in [5.74, 6) is 1.61. The molecule has 1 N–H and O–H groups in total. The molecule has 1 saturated carbocycles. The maximum Gasteiger partial charge on any atom is 0.0438 e. The van der Waals surface area contributed by atoms with E-state index in [4.69, 9.17) is 11.6 Å². The Morgan fingerprint density at radius 2 is 2.16 bits per heavy atom. The zero-order valence-electron chi connectivity index (χ0n) is 12.4. The summed E-state index contributed by atoms with van der Waals surface area (Å²) in [6, 6.07) is 7.01. The Hall–Kier alpha value is -0.530. The van der Waals surface area contributed by atoms with E-state index >= 15 is 0 Å². The monoisotopic (exact) mass is 279 g/mol. The molecule has 0 amide bonds. The van der Waals surface area contributed by atoms with Gasteiger partial charge in [0.05, 0.1) is 0 Å². The number of halogens is 1. The molecule has 1 aromatic carbocycles. The molecule has 0 radical (unpaired) electrons. The van der Waals surface area contributed by atoms with Gasteiger partial charge in [0.15, 0.2) is 0 Å². The second kappa shape index (κ2) is 6.76. The summed E-state index contributed by atoms with van der Waals surface area (Å²) in [6.45, 7) is 7.66. The first kappa shape index (κ1) is 14.9. The Morgan fingerprint density at radius 3 is 2.79 bits per heavy atom. The van der Waals surface area contributed by atoms with Crippen LogP contribution in [-0.2, 0) is 0 Å². The molecule has 2 heteroatoms. The van der Waals surface area contributed by atoms with Crippen molar-refractivity contribution in [1.29, 1.82) is 0 Å². The third-order valence-electron chi connectivity index (χ3n) is 4.43. The smallest absolute Gasteiger partial charge is 0.0438 e. The van der Waals surface area contributed by atoms with Gasteiger partial charge in [0.2, 0.25) is 0 Å². The third kappa shape index (κ3) is 3.73. The van der Waals surface area contributed by atoms with Gasteiger partial charge in [0.1, 0.15) is 0 Å². The molecule has 1 nitrogen and oxygen atoms in total. The number of rotatable bonds is 4. The molecule has 3 atom stereocenters. The van der Waals surface area contributed by atoms with Crippen molar-refractivity contribution >= 4 is 11.6 Å². The lowest BCUT2D eigenvalue weighted by Crippen LogP contribution is -2.31. The topological polar surface area (TPSA) is 12.0 Å². The van der Waals surface area contributed by atoms with E-state index in [-0.39, 0.29) is 0 Å². The number of hydrogen-bond acceptors (Lipinski definition) is 1. The largest absolute Gasteiger partial charge is 0.310 e. The van der Waals surface area contributed by atoms with Crippen molar-refractivity contribution in [3.63, 3.8) is 0 Å². The van der Waals surface area contributed by atoms with Crippen LogP contribution in [0.3, 0.4) is 0 Å². The highest BCUT2D eigenvalue weighted by Gasteiger charge is 2.27. The van der Waals surface area contributed by atoms with E-state index in [0.29, 0.717) is 6.04 Å². The van der Waals surface area contributed by atoms with Gasteiger partial charge in [-0.1, -0.05) is 50.4 Å². The Bertz CT molecular complexity index is 416. The van der Waals surface area contributed by atoms with Gasteiger partial charge in [-0.2, -0.15) is 0 Å². The Balaban J connectivity index is 2.20. The number of aryl methyl sites for hydroxylation is 1. The average molecular weight is 280 g/mol. The summed E-state index contributed by atoms with van der Waals surface area (Å²) in [5.41, 5.74) is 2.52. The summed E-state index contributed by atoms with van der Waals surface area (Å²) in [6.07, 6.45) is 5.44. The van der Waals surface area contributed by atoms with Crippen LogP contribution in [0.2, 0.25) is 5.02 Å². The normalized spacial score (nSPS) is 25.3. The van der Waals surface area contributed by atoms with Crippen LogP contribution in [0.25, 0.3) is 0 Å². The minimum atomic E-state index is 0.464. The van der Waals surface area contributed by atoms with Crippen LogP contribution in [0.15, 0.2) is 18.2 Å². The van der Waals surface area contributed by atoms with E-state index in [1.54, 1.807) is 0 Å². The van der Waals surface area contributed by atoms with Gasteiger partial charge < -0.3 is 5.32 Å². The molecule has 0 spiro atoms. The minimum Gasteiger partial charge on any atom is -0.310 e. The van der Waals surface area contributed by atoms with Crippen LogP contribution in [-0.4, -0.2) is 6.54 Å². The molecular weight excluding hydrogens is 254 g/mol. The highest BCUT2D eigenvalue weighted by molar-refractivity contribution is 6.31. The van der Waals surface area contributed by atoms with E-state index in [0.717, 1.165) is 29.0 Å². The molecule has 1 aliphatic rings. The van der Waals surface area contributed by atoms with Gasteiger partial charge in [0.25, 0.3) is 0 Å². The fraction of sp³-hybridized carbons (Fsp3) is 0.647. The van der Waals surface area contributed by atoms with Crippen molar-refractivity contribution in [1.82, 2.24) is 5.32 Å². The van der Waals surface area contributed by atoms with Gasteiger partial charge >= 0.3 is 0 Å². The molecule has 106 valence electrons. The lowest BCUT2D eigenvalue weighted by Gasteiger charge is -2.34. The minimum absolute atomic E-state index is 0.464. The first-order valence-electron chi connectivity index (χ1n) is 7.61. The molecule has 0 aliphatic heterocycles. The predicted molar refractivity (Wildman–Crippen MR) is 83.7 cm³/mol. The van der Waals surface area contributed by atoms with Gasteiger partial charge in [-0.3, -0.25) is 0 Å². The first-order valence-corrected chi connectivity index (χ1v) is 7.99. The van der Waals surface area contributed by atoms with Crippen LogP contribution in [0, 0.1) is 18.8 Å². The maximum absolute atomic E-state index is 6.30. The van der Waals surface area contributed by atoms with Crippen LogP contribution in [0.5, 0.6) is 0 Å². The molecule has 1 aliphatic carbocycles. The van der Waals surface area contributed by atoms with Crippen LogP contribution in [0.4, 0.5) is 0 Å². The van der Waals surface area contributed by atoms with Crippen molar-refractivity contribution in [2.24, 2.45) is 11.8 Å². The Labute approximate surface area is 122 Å². The van der Waals surface area contributed by atoms with E-state index in [1.165, 1.54) is 31.2 Å². The van der Waals surface area contributed by atoms with E-state index in [9.17, 15) is 0 Å². The molecular formula is C17H26ClN. The number of benzene rings is 1. The van der Waals surface area contributed by atoms with Crippen LogP contribution in [0.1, 0.15) is 56.7 Å². The van der Waals surface area contributed by atoms with Gasteiger partial charge in [-0.15, -0.1) is 0 Å². The van der Waals surface area contributed by atoms with E-state index < -0.39 is 0 Å². The molecule has 3 unspecified atom stereocenters. The number of nitrogens with one attached hydrogen (secondary N) is 1. The fourth-order valence-corrected chi connectivity index (χ4v) is 3.55. The zero-order valence-corrected chi connectivity index (χ0v) is 13.1. The van der Waals surface area contributed by atoms with Crippen LogP contribution >= 0.6 is 11.6 Å². The van der Waals surface area contributed by atoms with Crippen LogP contribution < -0.4 is 5.32 Å². The summed E-state index contributed by atoms with van der Waals surface area (Å²) >= 11 is 6.30. The lowest BCUT2D eigenvalue weighted by molar-refractivity contribution is 0.225. The second-order valence-electron chi connectivity index (χ2n) is 6.08. The van der Waals surface area contributed by atoms with E-state index in [1.807, 2.05) is 0 Å². The summed E-state index contributed by atoms with van der Waals surface area (Å²) < 4.78 is 0. The van der Waals surface area contributed by atoms with Gasteiger partial charge in [0, 0.05) is 11.1 Å². The summed E-state index contributed by atoms with van der Waals surface area (Å²) in [4.78, 5) is 0. The standard InChI is InChI=1S/C17H26ClN/c1-4-19-17(14-7-5-6-12(2)10-14)15-9-8-13(3)16(18)11-15/h8-9,11-12,14,17,19H,4-7,10H2,1-3H3. The predicted octanol–water partition coefficient (Wildman–Crippen LogP) is 5.13. The second-order valence-corrected chi connectivity index (χ2v) is 6.48. The fourth-order valence-electron chi connectivity index (χ4n) is 3.36. The molecule has 0 saturated heterocycles. The van der Waals surface area contributed by atoms with Crippen molar-refractivity contribution in [3.05, 3.63) is 34.3 Å². The maximum atomic E-state index is 6.30. The van der Waals surface area contributed by atoms with Gasteiger partial charge in [-0.05, 0) is 55.3 Å². The van der Waals surface area contributed by atoms with Crippen molar-refractivity contribution in [2.45, 2.75) is 52.5 Å². The summed E-state index contributed by atoms with van der Waals surface area (Å²) in [7, 11) is 0. The molecule has 19 heavy (non-hydrogen) atoms. The Morgan fingerprint density at radius 1 is 1.37 bits per heavy atom. The SMILES string of the molecule is CCNC(c1ccc(C)c(Cl)c1)C1CCCC(C)C1. The zero-order chi connectivity index (χ0) is 13.8. The van der Waals surface area contributed by atoms with E-state index in [2.05, 4.69) is 44.3 Å². The highest BCUT2D eigenvalue weighted by Crippen LogP contribution is 2.37. The molecule has 1 aromatic rings. The van der Waals surface area contributed by atoms with Crippen molar-refractivity contribution in [2.75, 3.05) is 6.54 Å². The molecule has 0 aromatic heterocycles. The molecule has 0 bridgehead atoms. The average Bonchev–Trinajstić information content (AvgIpc) is 2.39.